The first kappa shape index (κ1) is 22.3. The Kier molecular flexibility index (Phi) is 5.20. The number of anilines is 3. The minimum Gasteiger partial charge on any atom is -0.371 e. The maximum absolute atomic E-state index is 13.9. The van der Waals surface area contributed by atoms with Gasteiger partial charge < -0.3 is 19.2 Å². The highest BCUT2D eigenvalue weighted by atomic mass is 19.1. The third-order valence-electron chi connectivity index (χ3n) is 8.17. The van der Waals surface area contributed by atoms with E-state index in [2.05, 4.69) is 32.8 Å². The van der Waals surface area contributed by atoms with Crippen LogP contribution in [-0.4, -0.2) is 50.2 Å². The zero-order valence-corrected chi connectivity index (χ0v) is 20.9. The lowest BCUT2D eigenvalue weighted by Crippen LogP contribution is -2.46. The number of piperidine rings is 1. The van der Waals surface area contributed by atoms with E-state index in [-0.39, 0.29) is 11.6 Å². The van der Waals surface area contributed by atoms with Crippen LogP contribution in [0.1, 0.15) is 35.7 Å². The van der Waals surface area contributed by atoms with Crippen molar-refractivity contribution in [3.05, 3.63) is 71.5 Å². The van der Waals surface area contributed by atoms with E-state index in [0.717, 1.165) is 84.8 Å². The van der Waals surface area contributed by atoms with Gasteiger partial charge in [-0.2, -0.15) is 0 Å². The highest BCUT2D eigenvalue weighted by molar-refractivity contribution is 6.28. The Morgan fingerprint density at radius 1 is 0.892 bits per heavy atom. The number of benzene rings is 3. The molecule has 188 valence electrons. The second-order valence-corrected chi connectivity index (χ2v) is 10.5. The average molecular weight is 497 g/mol. The normalized spacial score (nSPS) is 19.5. The summed E-state index contributed by atoms with van der Waals surface area (Å²) < 4.78 is 19.4. The number of halogens is 1. The number of rotatable bonds is 3. The van der Waals surface area contributed by atoms with Crippen LogP contribution >= 0.6 is 0 Å². The van der Waals surface area contributed by atoms with E-state index in [1.54, 1.807) is 0 Å². The number of aromatic nitrogens is 1. The topological polar surface area (TPSA) is 52.8 Å². The first-order chi connectivity index (χ1) is 18.1. The lowest BCUT2D eigenvalue weighted by Gasteiger charge is -2.39. The predicted octanol–water partition coefficient (Wildman–Crippen LogP) is 5.74. The summed E-state index contributed by atoms with van der Waals surface area (Å²) in [7, 11) is 0. The van der Waals surface area contributed by atoms with Crippen molar-refractivity contribution in [2.45, 2.75) is 19.8 Å². The van der Waals surface area contributed by atoms with Crippen molar-refractivity contribution < 1.29 is 13.7 Å². The van der Waals surface area contributed by atoms with E-state index in [0.29, 0.717) is 17.2 Å². The van der Waals surface area contributed by atoms with Gasteiger partial charge in [0.2, 0.25) is 0 Å². The van der Waals surface area contributed by atoms with Crippen LogP contribution in [-0.2, 0) is 0 Å². The number of hydrogen-bond donors (Lipinski definition) is 0. The van der Waals surface area contributed by atoms with Crippen LogP contribution in [0.25, 0.3) is 22.2 Å². The third kappa shape index (κ3) is 3.59. The van der Waals surface area contributed by atoms with E-state index in [1.165, 1.54) is 18.6 Å². The van der Waals surface area contributed by atoms with Crippen LogP contribution in [0, 0.1) is 11.7 Å². The summed E-state index contributed by atoms with van der Waals surface area (Å²) >= 11 is 0. The minimum absolute atomic E-state index is 0.0530. The molecular weight excluding hydrogens is 467 g/mol. The molecule has 2 saturated heterocycles. The van der Waals surface area contributed by atoms with E-state index in [4.69, 9.17) is 4.52 Å². The van der Waals surface area contributed by atoms with Crippen LogP contribution in [0.4, 0.5) is 21.5 Å². The Morgan fingerprint density at radius 2 is 1.62 bits per heavy atom. The molecule has 3 heterocycles. The van der Waals surface area contributed by atoms with Crippen molar-refractivity contribution >= 4 is 33.7 Å². The van der Waals surface area contributed by atoms with Crippen molar-refractivity contribution in [1.29, 1.82) is 0 Å². The van der Waals surface area contributed by atoms with E-state index in [9.17, 15) is 9.18 Å². The molecular formula is C30H29FN4O2. The minimum atomic E-state index is -0.219. The lowest BCUT2D eigenvalue weighted by atomic mass is 9.85. The quantitative estimate of drug-likeness (QED) is 0.318. The molecule has 7 heteroatoms. The van der Waals surface area contributed by atoms with Gasteiger partial charge in [0.1, 0.15) is 11.3 Å². The van der Waals surface area contributed by atoms with Gasteiger partial charge in [0.25, 0.3) is 0 Å². The molecule has 0 bridgehead atoms. The summed E-state index contributed by atoms with van der Waals surface area (Å²) in [6, 6.07) is 16.6. The van der Waals surface area contributed by atoms with Crippen molar-refractivity contribution in [1.82, 2.24) is 5.16 Å². The summed E-state index contributed by atoms with van der Waals surface area (Å²) in [5.41, 5.74) is 6.04. The third-order valence-corrected chi connectivity index (χ3v) is 8.17. The highest BCUT2D eigenvalue weighted by Crippen LogP contribution is 2.47. The number of ketones is 1. The molecule has 4 aromatic rings. The van der Waals surface area contributed by atoms with Gasteiger partial charge in [0.15, 0.2) is 11.5 Å². The summed E-state index contributed by atoms with van der Waals surface area (Å²) in [6.45, 7) is 7.40. The van der Waals surface area contributed by atoms with Crippen molar-refractivity contribution in [3.8, 4) is 11.3 Å². The zero-order valence-electron chi connectivity index (χ0n) is 20.9. The molecule has 0 amide bonds. The van der Waals surface area contributed by atoms with Crippen LogP contribution < -0.4 is 14.7 Å². The molecule has 0 spiro atoms. The molecule has 1 unspecified atom stereocenters. The molecule has 3 aliphatic rings. The smallest absolute Gasteiger partial charge is 0.196 e. The fourth-order valence-electron chi connectivity index (χ4n) is 6.28. The second kappa shape index (κ2) is 8.61. The Morgan fingerprint density at radius 3 is 2.38 bits per heavy atom. The summed E-state index contributed by atoms with van der Waals surface area (Å²) in [5.74, 6) is 1.10. The monoisotopic (exact) mass is 496 g/mol. The molecule has 3 aromatic carbocycles. The number of carbonyl (C=O) groups excluding carboxylic acids is 1. The standard InChI is InChI=1S/C30H29FN4O2/c1-19-5-4-12-35(18-19)24-17-25(34-15-13-33(14-16-34)21-10-8-20(31)9-11-21)28-27-26(24)29(36)22-6-2-3-7-23(22)30(27)37-32-28/h2-3,6-11,17,19H,4-5,12-16,18H2,1H3. The molecule has 0 N–H and O–H groups in total. The lowest BCUT2D eigenvalue weighted by molar-refractivity contribution is 0.104. The highest BCUT2D eigenvalue weighted by Gasteiger charge is 2.36. The molecule has 1 atom stereocenters. The average Bonchev–Trinajstić information content (AvgIpc) is 3.37. The maximum atomic E-state index is 13.9. The largest absolute Gasteiger partial charge is 0.371 e. The first-order valence-electron chi connectivity index (χ1n) is 13.2. The van der Waals surface area contributed by atoms with Gasteiger partial charge in [-0.3, -0.25) is 4.79 Å². The van der Waals surface area contributed by atoms with E-state index in [1.807, 2.05) is 36.4 Å². The zero-order chi connectivity index (χ0) is 25.1. The van der Waals surface area contributed by atoms with Crippen molar-refractivity contribution in [2.24, 2.45) is 5.92 Å². The van der Waals surface area contributed by atoms with Crippen LogP contribution in [0.2, 0.25) is 0 Å². The fraction of sp³-hybridized carbons (Fsp3) is 0.333. The van der Waals surface area contributed by atoms with Crippen LogP contribution in [0.5, 0.6) is 0 Å². The molecule has 1 aliphatic carbocycles. The van der Waals surface area contributed by atoms with E-state index < -0.39 is 0 Å². The van der Waals surface area contributed by atoms with Crippen LogP contribution in [0.3, 0.4) is 0 Å². The van der Waals surface area contributed by atoms with Crippen LogP contribution in [0.15, 0.2) is 59.1 Å². The molecule has 7 rings (SSSR count). The maximum Gasteiger partial charge on any atom is 0.196 e. The molecule has 37 heavy (non-hydrogen) atoms. The number of fused-ring (bicyclic) bond motifs is 2. The Bertz CT molecular complexity index is 1500. The number of nitrogens with zero attached hydrogens (tertiary/aromatic N) is 4. The predicted molar refractivity (Wildman–Crippen MR) is 144 cm³/mol. The molecule has 1 aromatic heterocycles. The molecule has 0 saturated carbocycles. The Hall–Kier alpha value is -3.87. The van der Waals surface area contributed by atoms with Gasteiger partial charge in [0, 0.05) is 56.1 Å². The molecule has 0 radical (unpaired) electrons. The summed E-state index contributed by atoms with van der Waals surface area (Å²) in [4.78, 5) is 20.9. The van der Waals surface area contributed by atoms with Crippen molar-refractivity contribution in [2.75, 3.05) is 54.0 Å². The van der Waals surface area contributed by atoms with Gasteiger partial charge >= 0.3 is 0 Å². The molecule has 6 nitrogen and oxygen atoms in total. The molecule has 2 aliphatic heterocycles. The SMILES string of the molecule is CC1CCCN(c2cc(N3CCN(c4ccc(F)cc4)CC3)c3noc4c3c2C(=O)c2ccccc2-4)C1. The summed E-state index contributed by atoms with van der Waals surface area (Å²) in [6.07, 6.45) is 2.33. The van der Waals surface area contributed by atoms with Gasteiger partial charge in [-0.25, -0.2) is 4.39 Å². The second-order valence-electron chi connectivity index (χ2n) is 10.5. The van der Waals surface area contributed by atoms with Gasteiger partial charge in [-0.15, -0.1) is 0 Å². The number of carbonyl (C=O) groups is 1. The Labute approximate surface area is 215 Å². The fourth-order valence-corrected chi connectivity index (χ4v) is 6.28. The summed E-state index contributed by atoms with van der Waals surface area (Å²) in [5, 5.41) is 5.39. The number of piperazine rings is 1. The first-order valence-corrected chi connectivity index (χ1v) is 13.2. The van der Waals surface area contributed by atoms with Gasteiger partial charge in [-0.1, -0.05) is 36.3 Å². The van der Waals surface area contributed by atoms with Gasteiger partial charge in [0.05, 0.1) is 22.3 Å². The Balaban J connectivity index is 1.33. The van der Waals surface area contributed by atoms with Crippen molar-refractivity contribution in [3.63, 3.8) is 0 Å². The molecule has 2 fully saturated rings. The number of hydrogen-bond acceptors (Lipinski definition) is 6. The van der Waals surface area contributed by atoms with Gasteiger partial charge in [-0.05, 0) is 49.1 Å². The van der Waals surface area contributed by atoms with E-state index >= 15 is 0 Å².